The Balaban J connectivity index is 1.98. The first-order valence-electron chi connectivity index (χ1n) is 8.28. The lowest BCUT2D eigenvalue weighted by Gasteiger charge is -2.22. The molecule has 0 saturated carbocycles. The summed E-state index contributed by atoms with van der Waals surface area (Å²) in [5.41, 5.74) is 3.23. The molecule has 0 aliphatic heterocycles. The maximum absolute atomic E-state index is 13.1. The number of anilines is 2. The van der Waals surface area contributed by atoms with Gasteiger partial charge in [0.15, 0.2) is 0 Å². The minimum atomic E-state index is -3.52. The van der Waals surface area contributed by atoms with Crippen molar-refractivity contribution < 1.29 is 17.6 Å². The highest BCUT2D eigenvalue weighted by atomic mass is 32.2. The summed E-state index contributed by atoms with van der Waals surface area (Å²) in [5.74, 6) is -0.610. The molecule has 1 N–H and O–H groups in total. The van der Waals surface area contributed by atoms with Crippen LogP contribution in [0.5, 0.6) is 0 Å². The van der Waals surface area contributed by atoms with Gasteiger partial charge in [0.25, 0.3) is 0 Å². The number of hydrogen-bond donors (Lipinski definition) is 1. The predicted molar refractivity (Wildman–Crippen MR) is 102 cm³/mol. The molecular formula is C19H23FN2O3S. The summed E-state index contributed by atoms with van der Waals surface area (Å²) >= 11 is 0. The largest absolute Gasteiger partial charge is 0.326 e. The van der Waals surface area contributed by atoms with Gasteiger partial charge in [-0.15, -0.1) is 0 Å². The summed E-state index contributed by atoms with van der Waals surface area (Å²) in [6.07, 6.45) is 1.62. The monoisotopic (exact) mass is 378 g/mol. The first-order valence-corrected chi connectivity index (χ1v) is 10.1. The SMILES string of the molecule is Cc1cccc(NC(=O)CCCN(c2ccc(F)cc2)S(C)(=O)=O)c1C. The fourth-order valence-corrected chi connectivity index (χ4v) is 3.54. The van der Waals surface area contributed by atoms with Crippen LogP contribution in [0, 0.1) is 19.7 Å². The smallest absolute Gasteiger partial charge is 0.232 e. The summed E-state index contributed by atoms with van der Waals surface area (Å²) in [5, 5.41) is 2.85. The van der Waals surface area contributed by atoms with Gasteiger partial charge in [-0.2, -0.15) is 0 Å². The van der Waals surface area contributed by atoms with Gasteiger partial charge >= 0.3 is 0 Å². The van der Waals surface area contributed by atoms with Gasteiger partial charge in [0.05, 0.1) is 11.9 Å². The van der Waals surface area contributed by atoms with E-state index in [0.717, 1.165) is 23.1 Å². The molecule has 0 radical (unpaired) electrons. The molecule has 2 aromatic rings. The zero-order valence-electron chi connectivity index (χ0n) is 15.1. The Kier molecular flexibility index (Phi) is 6.37. The van der Waals surface area contributed by atoms with Crippen LogP contribution in [-0.4, -0.2) is 27.1 Å². The number of carbonyl (C=O) groups excluding carboxylic acids is 1. The molecule has 0 saturated heterocycles. The van der Waals surface area contributed by atoms with Crippen molar-refractivity contribution in [1.82, 2.24) is 0 Å². The maximum atomic E-state index is 13.1. The van der Waals surface area contributed by atoms with Gasteiger partial charge in [0, 0.05) is 18.7 Å². The van der Waals surface area contributed by atoms with Crippen LogP contribution in [0.3, 0.4) is 0 Å². The number of amides is 1. The van der Waals surface area contributed by atoms with E-state index in [1.165, 1.54) is 28.6 Å². The number of halogens is 1. The molecule has 0 aromatic heterocycles. The molecule has 2 aromatic carbocycles. The molecule has 0 unspecified atom stereocenters. The second kappa shape index (κ2) is 8.31. The predicted octanol–water partition coefficient (Wildman–Crippen LogP) is 3.63. The van der Waals surface area contributed by atoms with E-state index in [2.05, 4.69) is 5.32 Å². The fraction of sp³-hybridized carbons (Fsp3) is 0.316. The Morgan fingerprint density at radius 3 is 2.38 bits per heavy atom. The van der Waals surface area contributed by atoms with E-state index in [4.69, 9.17) is 0 Å². The number of nitrogens with one attached hydrogen (secondary N) is 1. The van der Waals surface area contributed by atoms with Crippen LogP contribution in [0.2, 0.25) is 0 Å². The summed E-state index contributed by atoms with van der Waals surface area (Å²) in [6.45, 7) is 4.05. The van der Waals surface area contributed by atoms with Gasteiger partial charge in [-0.1, -0.05) is 12.1 Å². The third kappa shape index (κ3) is 5.29. The minimum Gasteiger partial charge on any atom is -0.326 e. The molecule has 0 fully saturated rings. The lowest BCUT2D eigenvalue weighted by atomic mass is 10.1. The third-order valence-corrected chi connectivity index (χ3v) is 5.35. The molecule has 0 bridgehead atoms. The van der Waals surface area contributed by atoms with Crippen LogP contribution in [0.25, 0.3) is 0 Å². The van der Waals surface area contributed by atoms with E-state index >= 15 is 0 Å². The maximum Gasteiger partial charge on any atom is 0.232 e. The molecule has 0 atom stereocenters. The Morgan fingerprint density at radius 2 is 1.77 bits per heavy atom. The first-order chi connectivity index (χ1) is 12.2. The van der Waals surface area contributed by atoms with Crippen molar-refractivity contribution in [2.75, 3.05) is 22.4 Å². The molecule has 26 heavy (non-hydrogen) atoms. The minimum absolute atomic E-state index is 0.144. The van der Waals surface area contributed by atoms with Crippen LogP contribution in [0.1, 0.15) is 24.0 Å². The van der Waals surface area contributed by atoms with Crippen molar-refractivity contribution in [3.05, 3.63) is 59.4 Å². The van der Waals surface area contributed by atoms with Crippen LogP contribution in [0.4, 0.5) is 15.8 Å². The summed E-state index contributed by atoms with van der Waals surface area (Å²) in [4.78, 5) is 12.2. The number of nitrogens with zero attached hydrogens (tertiary/aromatic N) is 1. The Morgan fingerprint density at radius 1 is 1.12 bits per heavy atom. The van der Waals surface area contributed by atoms with Crippen molar-refractivity contribution in [2.24, 2.45) is 0 Å². The van der Waals surface area contributed by atoms with Crippen molar-refractivity contribution in [1.29, 1.82) is 0 Å². The number of rotatable bonds is 7. The topological polar surface area (TPSA) is 66.5 Å². The lowest BCUT2D eigenvalue weighted by Crippen LogP contribution is -2.31. The Labute approximate surface area is 153 Å². The lowest BCUT2D eigenvalue weighted by molar-refractivity contribution is -0.116. The number of hydrogen-bond acceptors (Lipinski definition) is 3. The van der Waals surface area contributed by atoms with E-state index in [1.54, 1.807) is 0 Å². The molecular weight excluding hydrogens is 355 g/mol. The Hall–Kier alpha value is -2.41. The van der Waals surface area contributed by atoms with Gasteiger partial charge in [-0.05, 0) is 61.7 Å². The van der Waals surface area contributed by atoms with Crippen LogP contribution in [0.15, 0.2) is 42.5 Å². The molecule has 0 aliphatic carbocycles. The molecule has 7 heteroatoms. The molecule has 0 aliphatic rings. The second-order valence-corrected chi connectivity index (χ2v) is 8.12. The van der Waals surface area contributed by atoms with Crippen LogP contribution in [-0.2, 0) is 14.8 Å². The first kappa shape index (κ1) is 19.9. The fourth-order valence-electron chi connectivity index (χ4n) is 2.58. The number of carbonyl (C=O) groups is 1. The molecule has 1 amide bonds. The van der Waals surface area contributed by atoms with E-state index < -0.39 is 15.8 Å². The van der Waals surface area contributed by atoms with Gasteiger partial charge in [-0.3, -0.25) is 9.10 Å². The third-order valence-electron chi connectivity index (χ3n) is 4.16. The zero-order chi connectivity index (χ0) is 19.3. The average molecular weight is 378 g/mol. The van der Waals surface area contributed by atoms with Gasteiger partial charge in [0.2, 0.25) is 15.9 Å². The molecule has 0 heterocycles. The second-order valence-electron chi connectivity index (χ2n) is 6.21. The summed E-state index contributed by atoms with van der Waals surface area (Å²) in [7, 11) is -3.52. The molecule has 5 nitrogen and oxygen atoms in total. The van der Waals surface area contributed by atoms with Crippen molar-refractivity contribution in [2.45, 2.75) is 26.7 Å². The van der Waals surface area contributed by atoms with Gasteiger partial charge in [0.1, 0.15) is 5.82 Å². The highest BCUT2D eigenvalue weighted by Crippen LogP contribution is 2.20. The van der Waals surface area contributed by atoms with Crippen molar-refractivity contribution in [3.8, 4) is 0 Å². The average Bonchev–Trinajstić information content (AvgIpc) is 2.56. The quantitative estimate of drug-likeness (QED) is 0.800. The van der Waals surface area contributed by atoms with Gasteiger partial charge < -0.3 is 5.32 Å². The normalized spacial score (nSPS) is 11.2. The number of sulfonamides is 1. The van der Waals surface area contributed by atoms with Gasteiger partial charge in [-0.25, -0.2) is 12.8 Å². The zero-order valence-corrected chi connectivity index (χ0v) is 15.9. The molecule has 2 rings (SSSR count). The van der Waals surface area contributed by atoms with Crippen molar-refractivity contribution in [3.63, 3.8) is 0 Å². The highest BCUT2D eigenvalue weighted by Gasteiger charge is 2.17. The summed E-state index contributed by atoms with van der Waals surface area (Å²) < 4.78 is 38.2. The Bertz CT molecular complexity index is 880. The van der Waals surface area contributed by atoms with Crippen molar-refractivity contribution >= 4 is 27.3 Å². The van der Waals surface area contributed by atoms with E-state index in [0.29, 0.717) is 12.1 Å². The van der Waals surface area contributed by atoms with Crippen LogP contribution < -0.4 is 9.62 Å². The number of aryl methyl sites for hydroxylation is 1. The van der Waals surface area contributed by atoms with E-state index in [-0.39, 0.29) is 18.9 Å². The van der Waals surface area contributed by atoms with E-state index in [9.17, 15) is 17.6 Å². The molecule has 0 spiro atoms. The summed E-state index contributed by atoms with van der Waals surface area (Å²) in [6, 6.07) is 10.9. The van der Waals surface area contributed by atoms with E-state index in [1.807, 2.05) is 32.0 Å². The van der Waals surface area contributed by atoms with Crippen LogP contribution >= 0.6 is 0 Å². The molecule has 140 valence electrons. The standard InChI is InChI=1S/C19H23FN2O3S/c1-14-6-4-7-18(15(14)2)21-19(23)8-5-13-22(26(3,24)25)17-11-9-16(20)10-12-17/h4,6-7,9-12H,5,8,13H2,1-3H3,(H,21,23). The number of benzene rings is 2. The highest BCUT2D eigenvalue weighted by molar-refractivity contribution is 7.92.